The maximum Gasteiger partial charge on any atom is 0.00994 e. The van der Waals surface area contributed by atoms with Crippen LogP contribution < -0.4 is 5.32 Å². The van der Waals surface area contributed by atoms with Gasteiger partial charge >= 0.3 is 0 Å². The molecule has 0 aromatic carbocycles. The zero-order valence-electron chi connectivity index (χ0n) is 14.5. The van der Waals surface area contributed by atoms with Crippen molar-refractivity contribution in [1.29, 1.82) is 0 Å². The van der Waals surface area contributed by atoms with E-state index in [1.165, 1.54) is 71.0 Å². The van der Waals surface area contributed by atoms with Crippen molar-refractivity contribution in [2.45, 2.75) is 84.2 Å². The lowest BCUT2D eigenvalue weighted by molar-refractivity contribution is 0.0753. The van der Waals surface area contributed by atoms with Gasteiger partial charge in [-0.15, -0.1) is 0 Å². The molecular weight excluding hydrogens is 256 g/mol. The van der Waals surface area contributed by atoms with E-state index in [1.807, 2.05) is 0 Å². The molecule has 1 saturated heterocycles. The molecule has 0 spiro atoms. The van der Waals surface area contributed by atoms with Crippen molar-refractivity contribution in [2.75, 3.05) is 19.6 Å². The molecule has 2 nitrogen and oxygen atoms in total. The summed E-state index contributed by atoms with van der Waals surface area (Å²) < 4.78 is 0. The monoisotopic (exact) mass is 292 g/mol. The second-order valence-electron chi connectivity index (χ2n) is 9.01. The summed E-state index contributed by atoms with van der Waals surface area (Å²) in [5.74, 6) is 1.87. The molecule has 1 atom stereocenters. The number of rotatable bonds is 4. The van der Waals surface area contributed by atoms with Crippen molar-refractivity contribution >= 4 is 0 Å². The van der Waals surface area contributed by atoms with Gasteiger partial charge in [-0.25, -0.2) is 0 Å². The van der Waals surface area contributed by atoms with Gasteiger partial charge < -0.3 is 5.32 Å². The molecule has 2 heteroatoms. The molecule has 3 rings (SSSR count). The van der Waals surface area contributed by atoms with E-state index in [2.05, 4.69) is 31.0 Å². The van der Waals surface area contributed by atoms with Gasteiger partial charge in [0.1, 0.15) is 0 Å². The summed E-state index contributed by atoms with van der Waals surface area (Å²) in [6.07, 6.45) is 11.6. The van der Waals surface area contributed by atoms with Gasteiger partial charge in [-0.1, -0.05) is 20.8 Å². The Hall–Kier alpha value is -0.0800. The topological polar surface area (TPSA) is 15.3 Å². The molecule has 3 aliphatic rings. The number of nitrogens with one attached hydrogen (secondary N) is 1. The van der Waals surface area contributed by atoms with Crippen molar-refractivity contribution in [2.24, 2.45) is 17.3 Å². The predicted octanol–water partition coefficient (Wildman–Crippen LogP) is 4.06. The smallest absolute Gasteiger partial charge is 0.00994 e. The Morgan fingerprint density at radius 1 is 0.905 bits per heavy atom. The Bertz CT molecular complexity index is 315. The molecule has 1 N–H and O–H groups in total. The summed E-state index contributed by atoms with van der Waals surface area (Å²) in [6, 6.07) is 1.85. The summed E-state index contributed by atoms with van der Waals surface area (Å²) in [5, 5.41) is 3.60. The van der Waals surface area contributed by atoms with Crippen molar-refractivity contribution < 1.29 is 0 Å². The Labute approximate surface area is 132 Å². The fraction of sp³-hybridized carbons (Fsp3) is 1.00. The van der Waals surface area contributed by atoms with Crippen molar-refractivity contribution in [3.63, 3.8) is 0 Å². The van der Waals surface area contributed by atoms with E-state index in [9.17, 15) is 0 Å². The van der Waals surface area contributed by atoms with Crippen LogP contribution in [0.2, 0.25) is 0 Å². The Kier molecular flexibility index (Phi) is 4.95. The van der Waals surface area contributed by atoms with Crippen LogP contribution in [0.4, 0.5) is 0 Å². The van der Waals surface area contributed by atoms with Crippen molar-refractivity contribution in [3.05, 3.63) is 0 Å². The van der Waals surface area contributed by atoms with Crippen LogP contribution in [0.1, 0.15) is 72.1 Å². The highest BCUT2D eigenvalue weighted by molar-refractivity contribution is 4.93. The summed E-state index contributed by atoms with van der Waals surface area (Å²) in [4.78, 5) is 2.94. The molecule has 122 valence electrons. The van der Waals surface area contributed by atoms with Crippen LogP contribution in [-0.2, 0) is 0 Å². The molecule has 21 heavy (non-hydrogen) atoms. The molecule has 1 heterocycles. The van der Waals surface area contributed by atoms with Gasteiger partial charge in [0.2, 0.25) is 0 Å². The summed E-state index contributed by atoms with van der Waals surface area (Å²) >= 11 is 0. The van der Waals surface area contributed by atoms with E-state index < -0.39 is 0 Å². The van der Waals surface area contributed by atoms with Gasteiger partial charge in [-0.05, 0) is 81.7 Å². The fourth-order valence-corrected chi connectivity index (χ4v) is 4.65. The summed E-state index contributed by atoms with van der Waals surface area (Å²) in [6.45, 7) is 11.2. The number of nitrogens with zero attached hydrogens (tertiary/aromatic N) is 1. The molecular formula is C19H36N2. The van der Waals surface area contributed by atoms with E-state index in [0.717, 1.165) is 23.9 Å². The second kappa shape index (κ2) is 6.58. The number of hydrogen-bond acceptors (Lipinski definition) is 2. The molecule has 0 radical (unpaired) electrons. The van der Waals surface area contributed by atoms with E-state index in [1.54, 1.807) is 0 Å². The van der Waals surface area contributed by atoms with Crippen LogP contribution in [0.5, 0.6) is 0 Å². The lowest BCUT2D eigenvalue weighted by Gasteiger charge is -2.42. The first-order chi connectivity index (χ1) is 10.0. The first kappa shape index (κ1) is 15.8. The van der Waals surface area contributed by atoms with E-state index in [-0.39, 0.29) is 0 Å². The van der Waals surface area contributed by atoms with Gasteiger partial charge in [0, 0.05) is 18.6 Å². The quantitative estimate of drug-likeness (QED) is 0.841. The van der Waals surface area contributed by atoms with Gasteiger partial charge in [0.25, 0.3) is 0 Å². The van der Waals surface area contributed by atoms with Gasteiger partial charge in [0.05, 0.1) is 0 Å². The Balaban J connectivity index is 1.53. The van der Waals surface area contributed by atoms with Crippen LogP contribution in [-0.4, -0.2) is 36.6 Å². The molecule has 3 fully saturated rings. The standard InChI is InChI=1S/C19H36N2/c1-19(2,3)16-6-8-17(9-7-16)21(18-10-11-18)14-15-5-4-12-20-13-15/h15-18,20H,4-14H2,1-3H3. The van der Waals surface area contributed by atoms with Crippen LogP contribution in [0.3, 0.4) is 0 Å². The van der Waals surface area contributed by atoms with Gasteiger partial charge in [-0.2, -0.15) is 0 Å². The zero-order chi connectivity index (χ0) is 14.9. The van der Waals surface area contributed by atoms with Crippen LogP contribution >= 0.6 is 0 Å². The molecule has 0 aromatic heterocycles. The first-order valence-electron chi connectivity index (χ1n) is 9.50. The Morgan fingerprint density at radius 2 is 1.52 bits per heavy atom. The van der Waals surface area contributed by atoms with Gasteiger partial charge in [0.15, 0.2) is 0 Å². The SMILES string of the molecule is CC(C)(C)C1CCC(N(CC2CCCNC2)C2CC2)CC1. The highest BCUT2D eigenvalue weighted by Gasteiger charge is 2.38. The molecule has 1 unspecified atom stereocenters. The normalized spacial score (nSPS) is 35.1. The van der Waals surface area contributed by atoms with E-state index in [0.29, 0.717) is 5.41 Å². The summed E-state index contributed by atoms with van der Waals surface area (Å²) in [7, 11) is 0. The maximum absolute atomic E-state index is 3.60. The minimum atomic E-state index is 0.517. The lowest BCUT2D eigenvalue weighted by Crippen LogP contribution is -2.46. The van der Waals surface area contributed by atoms with E-state index >= 15 is 0 Å². The zero-order valence-corrected chi connectivity index (χ0v) is 14.5. The molecule has 0 amide bonds. The van der Waals surface area contributed by atoms with Crippen molar-refractivity contribution in [3.8, 4) is 0 Å². The minimum absolute atomic E-state index is 0.517. The average molecular weight is 293 g/mol. The van der Waals surface area contributed by atoms with Crippen molar-refractivity contribution in [1.82, 2.24) is 10.2 Å². The fourth-order valence-electron chi connectivity index (χ4n) is 4.65. The maximum atomic E-state index is 3.60. The molecule has 1 aliphatic heterocycles. The van der Waals surface area contributed by atoms with Crippen LogP contribution in [0.15, 0.2) is 0 Å². The summed E-state index contributed by atoms with van der Waals surface area (Å²) in [5.41, 5.74) is 0.517. The molecule has 0 bridgehead atoms. The third kappa shape index (κ3) is 4.22. The molecule has 2 aliphatic carbocycles. The third-order valence-corrected chi connectivity index (χ3v) is 6.27. The Morgan fingerprint density at radius 3 is 2.00 bits per heavy atom. The van der Waals surface area contributed by atoms with Crippen LogP contribution in [0, 0.1) is 17.3 Å². The highest BCUT2D eigenvalue weighted by atomic mass is 15.2. The largest absolute Gasteiger partial charge is 0.316 e. The average Bonchev–Trinajstić information content (AvgIpc) is 3.30. The minimum Gasteiger partial charge on any atom is -0.316 e. The van der Waals surface area contributed by atoms with Gasteiger partial charge in [-0.3, -0.25) is 4.90 Å². The number of piperidine rings is 1. The lowest BCUT2D eigenvalue weighted by atomic mass is 9.71. The first-order valence-corrected chi connectivity index (χ1v) is 9.50. The number of hydrogen-bond donors (Lipinski definition) is 1. The van der Waals surface area contributed by atoms with Crippen LogP contribution in [0.25, 0.3) is 0 Å². The highest BCUT2D eigenvalue weighted by Crippen LogP contribution is 2.41. The third-order valence-electron chi connectivity index (χ3n) is 6.27. The molecule has 2 saturated carbocycles. The second-order valence-corrected chi connectivity index (χ2v) is 9.01. The van der Waals surface area contributed by atoms with E-state index in [4.69, 9.17) is 0 Å². The molecule has 0 aromatic rings. The predicted molar refractivity (Wildman–Crippen MR) is 90.5 cm³/mol.